The molecule has 2 fully saturated rings. The van der Waals surface area contributed by atoms with Crippen molar-refractivity contribution >= 4 is 5.97 Å². The lowest BCUT2D eigenvalue weighted by Gasteiger charge is -2.33. The Morgan fingerprint density at radius 2 is 1.64 bits per heavy atom. The highest BCUT2D eigenvalue weighted by Gasteiger charge is 2.63. The first-order valence-corrected chi connectivity index (χ1v) is 8.14. The van der Waals surface area contributed by atoms with Gasteiger partial charge in [-0.05, 0) is 19.4 Å². The molecule has 1 aliphatic heterocycles. The van der Waals surface area contributed by atoms with Crippen molar-refractivity contribution in [1.82, 2.24) is 0 Å². The average Bonchev–Trinajstić information content (AvgIpc) is 3.26. The van der Waals surface area contributed by atoms with Gasteiger partial charge in [0.05, 0.1) is 0 Å². The molecule has 1 aliphatic carbocycles. The third-order valence-electron chi connectivity index (χ3n) is 4.49. The van der Waals surface area contributed by atoms with Crippen molar-refractivity contribution in [3.8, 4) is 0 Å². The summed E-state index contributed by atoms with van der Waals surface area (Å²) in [6.45, 7) is 1.11. The van der Waals surface area contributed by atoms with Crippen LogP contribution < -0.4 is 5.73 Å². The number of fused-ring (bicyclic) bond motifs is 1. The van der Waals surface area contributed by atoms with Gasteiger partial charge in [-0.25, -0.2) is 0 Å². The molecule has 22 heavy (non-hydrogen) atoms. The van der Waals surface area contributed by atoms with E-state index in [9.17, 15) is 20.1 Å². The number of aliphatic carboxylic acids is 1. The predicted molar refractivity (Wildman–Crippen MR) is 78.3 cm³/mol. The molecule has 0 spiro atoms. The first kappa shape index (κ1) is 17.6. The standard InChI is InChI=1S/C15H27NO6/c16-7-5-3-1-2-4-6-8-21-12-9(15(19)20)13-14(22-13)11(18)10(12)17/h9-14,17-18H,1-8,16H2,(H,19,20)/t9?,10-,11?,12-,13?,14+/m1/s1. The van der Waals surface area contributed by atoms with Crippen LogP contribution in [0.5, 0.6) is 0 Å². The number of ether oxygens (including phenoxy) is 2. The van der Waals surface area contributed by atoms with Crippen LogP contribution in [0, 0.1) is 5.92 Å². The molecule has 0 radical (unpaired) electrons. The third kappa shape index (κ3) is 4.17. The summed E-state index contributed by atoms with van der Waals surface area (Å²) in [6.07, 6.45) is 1.91. The van der Waals surface area contributed by atoms with Crippen LogP contribution in [-0.4, -0.2) is 65.0 Å². The van der Waals surface area contributed by atoms with E-state index in [1.54, 1.807) is 0 Å². The Morgan fingerprint density at radius 3 is 2.27 bits per heavy atom. The van der Waals surface area contributed by atoms with Gasteiger partial charge in [0.25, 0.3) is 0 Å². The van der Waals surface area contributed by atoms with E-state index in [1.807, 2.05) is 0 Å². The molecule has 0 amide bonds. The summed E-state index contributed by atoms with van der Waals surface area (Å²) in [5.41, 5.74) is 5.43. The lowest BCUT2D eigenvalue weighted by atomic mass is 9.82. The Morgan fingerprint density at radius 1 is 1.00 bits per heavy atom. The quantitative estimate of drug-likeness (QED) is 0.327. The van der Waals surface area contributed by atoms with E-state index in [-0.39, 0.29) is 0 Å². The van der Waals surface area contributed by atoms with Gasteiger partial charge in [-0.15, -0.1) is 0 Å². The normalized spacial score (nSPS) is 36.9. The maximum absolute atomic E-state index is 11.3. The lowest BCUT2D eigenvalue weighted by Crippen LogP contribution is -2.54. The summed E-state index contributed by atoms with van der Waals surface area (Å²) >= 11 is 0. The molecule has 0 aromatic rings. The van der Waals surface area contributed by atoms with Crippen LogP contribution in [0.15, 0.2) is 0 Å². The summed E-state index contributed by atoms with van der Waals surface area (Å²) in [5.74, 6) is -1.96. The number of unbranched alkanes of at least 4 members (excludes halogenated alkanes) is 5. The van der Waals surface area contributed by atoms with Crippen LogP contribution in [-0.2, 0) is 14.3 Å². The number of hydrogen-bond acceptors (Lipinski definition) is 6. The van der Waals surface area contributed by atoms with Crippen LogP contribution >= 0.6 is 0 Å². The first-order chi connectivity index (χ1) is 10.6. The van der Waals surface area contributed by atoms with Crippen LogP contribution in [0.25, 0.3) is 0 Å². The molecule has 7 heteroatoms. The smallest absolute Gasteiger partial charge is 0.312 e. The van der Waals surface area contributed by atoms with Crippen molar-refractivity contribution < 1.29 is 29.6 Å². The fraction of sp³-hybridized carbons (Fsp3) is 0.933. The van der Waals surface area contributed by atoms with E-state index >= 15 is 0 Å². The number of rotatable bonds is 10. The molecule has 6 atom stereocenters. The molecule has 1 saturated carbocycles. The van der Waals surface area contributed by atoms with E-state index in [2.05, 4.69) is 0 Å². The second-order valence-electron chi connectivity index (χ2n) is 6.16. The zero-order valence-corrected chi connectivity index (χ0v) is 12.8. The maximum Gasteiger partial charge on any atom is 0.312 e. The Bertz CT molecular complexity index is 366. The second-order valence-corrected chi connectivity index (χ2v) is 6.16. The molecule has 7 nitrogen and oxygen atoms in total. The predicted octanol–water partition coefficient (Wildman–Crippen LogP) is -0.125. The lowest BCUT2D eigenvalue weighted by molar-refractivity contribution is -0.164. The SMILES string of the molecule is NCCCCCCCCO[C@@H]1C(C(=O)O)C2O[C@H]2C(O)[C@H]1O. The van der Waals surface area contributed by atoms with Gasteiger partial charge in [-0.1, -0.05) is 25.7 Å². The van der Waals surface area contributed by atoms with Crippen molar-refractivity contribution in [1.29, 1.82) is 0 Å². The fourth-order valence-electron chi connectivity index (χ4n) is 3.14. The molecular formula is C15H27NO6. The number of aliphatic hydroxyl groups is 2. The molecule has 2 rings (SSSR count). The molecule has 0 aromatic carbocycles. The highest BCUT2D eigenvalue weighted by Crippen LogP contribution is 2.42. The van der Waals surface area contributed by atoms with E-state index in [1.165, 1.54) is 0 Å². The molecule has 1 saturated heterocycles. The van der Waals surface area contributed by atoms with Gasteiger partial charge >= 0.3 is 5.97 Å². The van der Waals surface area contributed by atoms with Gasteiger partial charge in [0, 0.05) is 6.61 Å². The molecule has 5 N–H and O–H groups in total. The van der Waals surface area contributed by atoms with E-state index in [0.29, 0.717) is 6.61 Å². The van der Waals surface area contributed by atoms with Crippen molar-refractivity contribution in [3.05, 3.63) is 0 Å². The molecule has 0 bridgehead atoms. The van der Waals surface area contributed by atoms with Crippen molar-refractivity contribution in [2.45, 2.75) is 69.0 Å². The Balaban J connectivity index is 1.69. The Kier molecular flexibility index (Phi) is 6.58. The number of nitrogens with two attached hydrogens (primary N) is 1. The van der Waals surface area contributed by atoms with Crippen molar-refractivity contribution in [2.75, 3.05) is 13.2 Å². The summed E-state index contributed by atoms with van der Waals surface area (Å²) in [5, 5.41) is 29.1. The number of aliphatic hydroxyl groups excluding tert-OH is 2. The van der Waals surface area contributed by atoms with Gasteiger partial charge in [0.1, 0.15) is 36.4 Å². The first-order valence-electron chi connectivity index (χ1n) is 8.14. The largest absolute Gasteiger partial charge is 0.481 e. The van der Waals surface area contributed by atoms with E-state index < -0.39 is 42.4 Å². The minimum absolute atomic E-state index is 0.381. The van der Waals surface area contributed by atoms with Crippen LogP contribution in [0.4, 0.5) is 0 Å². The fourth-order valence-corrected chi connectivity index (χ4v) is 3.14. The monoisotopic (exact) mass is 317 g/mol. The highest BCUT2D eigenvalue weighted by molar-refractivity contribution is 5.72. The van der Waals surface area contributed by atoms with Gasteiger partial charge in [-0.2, -0.15) is 0 Å². The average molecular weight is 317 g/mol. The van der Waals surface area contributed by atoms with Crippen molar-refractivity contribution in [2.24, 2.45) is 11.7 Å². The molecule has 3 unspecified atom stereocenters. The minimum Gasteiger partial charge on any atom is -0.481 e. The van der Waals surface area contributed by atoms with Gasteiger partial charge in [0.2, 0.25) is 0 Å². The third-order valence-corrected chi connectivity index (χ3v) is 4.49. The summed E-state index contributed by atoms with van der Waals surface area (Å²) in [6, 6.07) is 0. The van der Waals surface area contributed by atoms with Gasteiger partial charge in [-0.3, -0.25) is 4.79 Å². The highest BCUT2D eigenvalue weighted by atomic mass is 16.6. The molecule has 0 aromatic heterocycles. The molecular weight excluding hydrogens is 290 g/mol. The van der Waals surface area contributed by atoms with E-state index in [4.69, 9.17) is 15.2 Å². The van der Waals surface area contributed by atoms with Gasteiger partial charge < -0.3 is 30.5 Å². The molecule has 2 aliphatic rings. The number of carboxylic acids is 1. The second kappa shape index (κ2) is 8.21. The summed E-state index contributed by atoms with van der Waals surface area (Å²) in [7, 11) is 0. The van der Waals surface area contributed by atoms with Crippen LogP contribution in [0.2, 0.25) is 0 Å². The Labute approximate surface area is 130 Å². The van der Waals surface area contributed by atoms with Crippen LogP contribution in [0.1, 0.15) is 38.5 Å². The summed E-state index contributed by atoms with van der Waals surface area (Å²) in [4.78, 5) is 11.3. The molecule has 128 valence electrons. The number of hydrogen-bond donors (Lipinski definition) is 4. The molecule has 1 heterocycles. The number of epoxide rings is 1. The topological polar surface area (TPSA) is 126 Å². The van der Waals surface area contributed by atoms with Crippen LogP contribution in [0.3, 0.4) is 0 Å². The van der Waals surface area contributed by atoms with Crippen molar-refractivity contribution in [3.63, 3.8) is 0 Å². The van der Waals surface area contributed by atoms with E-state index in [0.717, 1.165) is 45.1 Å². The Hall–Kier alpha value is -0.730. The minimum atomic E-state index is -1.21. The zero-order chi connectivity index (χ0) is 16.1. The number of carbonyl (C=O) groups is 1. The number of carboxylic acid groups (broad SMARTS) is 1. The van der Waals surface area contributed by atoms with Gasteiger partial charge in [0.15, 0.2) is 0 Å². The summed E-state index contributed by atoms with van der Waals surface area (Å²) < 4.78 is 10.7. The zero-order valence-electron chi connectivity index (χ0n) is 12.8. The maximum atomic E-state index is 11.3.